The van der Waals surface area contributed by atoms with Crippen molar-refractivity contribution >= 4 is 23.7 Å². The predicted octanol–water partition coefficient (Wildman–Crippen LogP) is 5.87. The van der Waals surface area contributed by atoms with Crippen molar-refractivity contribution in [3.8, 4) is 0 Å². The topological polar surface area (TPSA) is 0 Å². The molecule has 0 heterocycles. The summed E-state index contributed by atoms with van der Waals surface area (Å²) in [5.74, 6) is 0. The van der Waals surface area contributed by atoms with E-state index in [2.05, 4.69) is 82.0 Å². The molecule has 0 aliphatic rings. The molecule has 0 unspecified atom stereocenters. The Labute approximate surface area is 121 Å². The van der Waals surface area contributed by atoms with Gasteiger partial charge in [0.15, 0.2) is 0 Å². The molecular weight excluding hydrogens is 264 g/mol. The summed E-state index contributed by atoms with van der Waals surface area (Å²) in [5.41, 5.74) is 0. The van der Waals surface area contributed by atoms with E-state index in [1.165, 1.54) is 8.55 Å². The van der Waals surface area contributed by atoms with Gasteiger partial charge in [0.2, 0.25) is 0 Å². The summed E-state index contributed by atoms with van der Waals surface area (Å²) in [7, 11) is -1.24. The molecule has 0 atom stereocenters. The molecule has 0 amide bonds. The fraction of sp³-hybridized carbons (Fsp3) is 1.00. The van der Waals surface area contributed by atoms with Crippen LogP contribution in [0.3, 0.4) is 0 Å². The van der Waals surface area contributed by atoms with Crippen molar-refractivity contribution in [2.24, 2.45) is 0 Å². The number of hydrogen-bond donors (Lipinski definition) is 0. The molecule has 0 N–H and O–H groups in total. The Kier molecular flexibility index (Phi) is 5.06. The molecule has 0 saturated heterocycles. The first-order valence-electron chi connectivity index (χ1n) is 7.25. The second kappa shape index (κ2) is 4.88. The van der Waals surface area contributed by atoms with E-state index in [0.29, 0.717) is 15.1 Å². The van der Waals surface area contributed by atoms with Crippen molar-refractivity contribution in [3.05, 3.63) is 0 Å². The molecule has 0 nitrogen and oxygen atoms in total. The second-order valence-electron chi connectivity index (χ2n) is 9.62. The van der Waals surface area contributed by atoms with Gasteiger partial charge in [0.1, 0.15) is 0 Å². The van der Waals surface area contributed by atoms with E-state index >= 15 is 0 Å². The molecule has 0 aliphatic carbocycles. The zero-order chi connectivity index (χ0) is 15.2. The third-order valence-corrected chi connectivity index (χ3v) is 36.6. The molecule has 0 fully saturated rings. The van der Waals surface area contributed by atoms with Crippen LogP contribution in [-0.4, -0.2) is 23.7 Å². The van der Waals surface area contributed by atoms with Gasteiger partial charge < -0.3 is 8.55 Å². The van der Waals surface area contributed by atoms with Gasteiger partial charge in [-0.25, -0.2) is 0 Å². The Hall–Kier alpha value is 0.651. The monoisotopic (exact) mass is 300 g/mol. The maximum absolute atomic E-state index is 2.67. The molecule has 0 aromatic heterocycles. The van der Waals surface area contributed by atoms with Gasteiger partial charge in [-0.05, 0) is 0 Å². The molecule has 1 radical (unpaired) electrons. The normalized spacial score (nSPS) is 16.0. The van der Waals surface area contributed by atoms with Crippen molar-refractivity contribution in [2.75, 3.05) is 0 Å². The molecule has 0 spiro atoms. The summed E-state index contributed by atoms with van der Waals surface area (Å²) >= 11 is 0. The molecule has 0 rings (SSSR count). The average Bonchev–Trinajstić information content (AvgIpc) is 1.95. The number of rotatable bonds is 2. The molecule has 3 heteroatoms. The Morgan fingerprint density at radius 1 is 0.556 bits per heavy atom. The first kappa shape index (κ1) is 18.7. The van der Waals surface area contributed by atoms with Crippen LogP contribution in [0.25, 0.3) is 0 Å². The van der Waals surface area contributed by atoms with Crippen LogP contribution in [0.4, 0.5) is 0 Å². The van der Waals surface area contributed by atoms with Crippen LogP contribution >= 0.6 is 0 Å². The average molecular weight is 301 g/mol. The molecular formula is C15H36Si3-. The minimum Gasteiger partial charge on any atom is -0.423 e. The lowest BCUT2D eigenvalue weighted by Gasteiger charge is -2.66. The summed E-state index contributed by atoms with van der Waals surface area (Å²) in [6.45, 7) is 30.2. The molecule has 0 aromatic carbocycles. The fourth-order valence-corrected chi connectivity index (χ4v) is 35.4. The van der Waals surface area contributed by atoms with Crippen LogP contribution in [0.1, 0.15) is 62.3 Å². The summed E-state index contributed by atoms with van der Waals surface area (Å²) in [5, 5.41) is 1.52. The van der Waals surface area contributed by atoms with Gasteiger partial charge in [-0.3, -0.25) is 0 Å². The Morgan fingerprint density at radius 2 is 0.833 bits per heavy atom. The third-order valence-electron chi connectivity index (χ3n) is 5.44. The molecule has 18 heavy (non-hydrogen) atoms. The summed E-state index contributed by atoms with van der Waals surface area (Å²) in [6.07, 6.45) is 0. The molecule has 0 aromatic rings. The van der Waals surface area contributed by atoms with E-state index in [4.69, 9.17) is 0 Å². The smallest absolute Gasteiger partial charge is 0.0654 e. The molecule has 0 saturated carbocycles. The van der Waals surface area contributed by atoms with E-state index in [1.54, 1.807) is 0 Å². The molecule has 0 bridgehead atoms. The Balaban J connectivity index is 5.58. The predicted molar refractivity (Wildman–Crippen MR) is 94.0 cm³/mol. The van der Waals surface area contributed by atoms with Gasteiger partial charge in [-0.2, -0.15) is 0 Å². The highest BCUT2D eigenvalue weighted by molar-refractivity contribution is 7.54. The van der Waals surface area contributed by atoms with Crippen LogP contribution in [0, 0.1) is 0 Å². The van der Waals surface area contributed by atoms with Crippen molar-refractivity contribution < 1.29 is 0 Å². The van der Waals surface area contributed by atoms with Gasteiger partial charge in [0.25, 0.3) is 0 Å². The standard InChI is InChI=1S/C15H36Si3/c1-13(2,3)17(10,11)16-18(12,14(4,5)6)15(7,8)9/h1-12H3/q-1. The highest BCUT2D eigenvalue weighted by atomic mass is 29.6. The summed E-state index contributed by atoms with van der Waals surface area (Å²) in [6, 6.07) is 0. The van der Waals surface area contributed by atoms with E-state index in [9.17, 15) is 0 Å². The van der Waals surface area contributed by atoms with Crippen LogP contribution in [0.2, 0.25) is 34.8 Å². The lowest BCUT2D eigenvalue weighted by molar-refractivity contribution is 0.636. The maximum atomic E-state index is 2.67. The van der Waals surface area contributed by atoms with Gasteiger partial charge in [0.05, 0.1) is 0 Å². The number of hydrogen-bond acceptors (Lipinski definition) is 0. The van der Waals surface area contributed by atoms with E-state index in [0.717, 1.165) is 0 Å². The summed E-state index contributed by atoms with van der Waals surface area (Å²) in [4.78, 5) is 0. The van der Waals surface area contributed by atoms with Gasteiger partial charge in [-0.1, -0.05) is 97.1 Å². The lowest BCUT2D eigenvalue weighted by atomic mass is 10.2. The van der Waals surface area contributed by atoms with Crippen LogP contribution < -0.4 is 0 Å². The van der Waals surface area contributed by atoms with Crippen molar-refractivity contribution in [2.45, 2.75) is 97.1 Å². The van der Waals surface area contributed by atoms with Crippen molar-refractivity contribution in [1.29, 1.82) is 0 Å². The van der Waals surface area contributed by atoms with E-state index < -0.39 is 15.2 Å². The van der Waals surface area contributed by atoms with Crippen LogP contribution in [0.15, 0.2) is 0 Å². The zero-order valence-electron chi connectivity index (χ0n) is 15.0. The minimum atomic E-state index is -1.31. The molecule has 0 aliphatic heterocycles. The van der Waals surface area contributed by atoms with Gasteiger partial charge in [0, 0.05) is 0 Å². The fourth-order valence-electron chi connectivity index (χ4n) is 2.31. The Morgan fingerprint density at radius 3 is 1.00 bits per heavy atom. The first-order chi connectivity index (χ1) is 7.46. The van der Waals surface area contributed by atoms with Gasteiger partial charge >= 0.3 is 0 Å². The van der Waals surface area contributed by atoms with E-state index in [1.807, 2.05) is 0 Å². The van der Waals surface area contributed by atoms with Crippen molar-refractivity contribution in [3.63, 3.8) is 0 Å². The summed E-state index contributed by atoms with van der Waals surface area (Å²) < 4.78 is 0. The SMILES string of the molecule is CC(C)(C)[Si](C)(C)[Si-][Si](C)(C(C)(C)C)C(C)(C)C. The highest BCUT2D eigenvalue weighted by Gasteiger charge is 2.42. The quantitative estimate of drug-likeness (QED) is 0.559. The first-order valence-corrected chi connectivity index (χ1v) is 15.8. The Bertz CT molecular complexity index is 270. The molecule has 109 valence electrons. The largest absolute Gasteiger partial charge is 0.423 e. The van der Waals surface area contributed by atoms with Gasteiger partial charge in [-0.15, -0.1) is 15.2 Å². The zero-order valence-corrected chi connectivity index (χ0v) is 18.0. The van der Waals surface area contributed by atoms with Crippen LogP contribution in [0.5, 0.6) is 0 Å². The minimum absolute atomic E-state index is 0.499. The third kappa shape index (κ3) is 3.60. The maximum Gasteiger partial charge on any atom is -0.0654 e. The lowest BCUT2D eigenvalue weighted by Crippen LogP contribution is -2.64. The van der Waals surface area contributed by atoms with Crippen molar-refractivity contribution in [1.82, 2.24) is 0 Å². The van der Waals surface area contributed by atoms with Crippen LogP contribution in [-0.2, 0) is 0 Å². The highest BCUT2D eigenvalue weighted by Crippen LogP contribution is 2.52. The van der Waals surface area contributed by atoms with E-state index in [-0.39, 0.29) is 0 Å². The second-order valence-corrected chi connectivity index (χ2v) is 29.6.